The van der Waals surface area contributed by atoms with Crippen molar-refractivity contribution in [1.29, 1.82) is 0 Å². The first-order valence-corrected chi connectivity index (χ1v) is 12.3. The van der Waals surface area contributed by atoms with Gasteiger partial charge in [-0.25, -0.2) is 4.98 Å². The predicted octanol–water partition coefficient (Wildman–Crippen LogP) is 4.72. The van der Waals surface area contributed by atoms with Crippen LogP contribution < -0.4 is 5.32 Å². The van der Waals surface area contributed by atoms with Gasteiger partial charge in [0.1, 0.15) is 11.9 Å². The van der Waals surface area contributed by atoms with Crippen molar-refractivity contribution in [3.05, 3.63) is 63.9 Å². The van der Waals surface area contributed by atoms with E-state index in [4.69, 9.17) is 32.9 Å². The van der Waals surface area contributed by atoms with Crippen molar-refractivity contribution in [3.8, 4) is 0 Å². The first kappa shape index (κ1) is 24.0. The van der Waals surface area contributed by atoms with Gasteiger partial charge in [-0.2, -0.15) is 0 Å². The molecule has 0 bridgehead atoms. The smallest absolute Gasteiger partial charge is 0.243 e. The topological polar surface area (TPSA) is 59.4 Å². The summed E-state index contributed by atoms with van der Waals surface area (Å²) < 4.78 is 7.50. The molecule has 176 valence electrons. The van der Waals surface area contributed by atoms with E-state index in [1.54, 1.807) is 6.07 Å². The maximum atomic E-state index is 13.4. The van der Waals surface area contributed by atoms with Crippen LogP contribution in [0.4, 0.5) is 0 Å². The molecule has 8 heteroatoms. The van der Waals surface area contributed by atoms with Crippen molar-refractivity contribution in [2.75, 3.05) is 39.4 Å². The van der Waals surface area contributed by atoms with E-state index in [-0.39, 0.29) is 11.9 Å². The van der Waals surface area contributed by atoms with E-state index >= 15 is 0 Å². The van der Waals surface area contributed by atoms with Crippen LogP contribution in [-0.4, -0.2) is 59.8 Å². The lowest BCUT2D eigenvalue weighted by Crippen LogP contribution is -2.42. The number of rotatable bonds is 9. The van der Waals surface area contributed by atoms with Crippen LogP contribution in [-0.2, 0) is 16.0 Å². The van der Waals surface area contributed by atoms with Crippen molar-refractivity contribution in [3.63, 3.8) is 0 Å². The second kappa shape index (κ2) is 11.3. The predicted molar refractivity (Wildman–Crippen MR) is 133 cm³/mol. The number of benzene rings is 2. The number of imidazole rings is 1. The van der Waals surface area contributed by atoms with Gasteiger partial charge < -0.3 is 14.6 Å². The SMILES string of the molecule is CCC[C@H](C(=O)NCCN1CCOCC1)n1c(Cc2ccc(Cl)cc2Cl)nc2ccccc21. The molecule has 0 spiro atoms. The van der Waals surface area contributed by atoms with E-state index in [2.05, 4.69) is 21.7 Å². The minimum absolute atomic E-state index is 0.0247. The number of carbonyl (C=O) groups excluding carboxylic acids is 1. The van der Waals surface area contributed by atoms with Gasteiger partial charge in [0, 0.05) is 42.6 Å². The molecule has 1 N–H and O–H groups in total. The third-order valence-corrected chi connectivity index (χ3v) is 6.63. The highest BCUT2D eigenvalue weighted by Gasteiger charge is 2.25. The molecule has 2 heterocycles. The van der Waals surface area contributed by atoms with Crippen molar-refractivity contribution in [2.45, 2.75) is 32.2 Å². The number of ether oxygens (including phenoxy) is 1. The van der Waals surface area contributed by atoms with Crippen molar-refractivity contribution < 1.29 is 9.53 Å². The molecule has 1 aliphatic rings. The normalized spacial score (nSPS) is 15.6. The molecule has 1 saturated heterocycles. The zero-order valence-corrected chi connectivity index (χ0v) is 20.4. The van der Waals surface area contributed by atoms with E-state index in [1.165, 1.54) is 0 Å². The molecule has 2 aromatic carbocycles. The van der Waals surface area contributed by atoms with E-state index in [9.17, 15) is 4.79 Å². The van der Waals surface area contributed by atoms with Crippen LogP contribution >= 0.6 is 23.2 Å². The third-order valence-electron chi connectivity index (χ3n) is 6.04. The highest BCUT2D eigenvalue weighted by atomic mass is 35.5. The summed E-state index contributed by atoms with van der Waals surface area (Å²) in [6, 6.07) is 13.1. The molecule has 4 rings (SSSR count). The number of amides is 1. The fourth-order valence-electron chi connectivity index (χ4n) is 4.33. The molecule has 0 saturated carbocycles. The monoisotopic (exact) mass is 488 g/mol. The Balaban J connectivity index is 1.59. The quantitative estimate of drug-likeness (QED) is 0.473. The van der Waals surface area contributed by atoms with Crippen molar-refractivity contribution in [2.24, 2.45) is 0 Å². The number of aromatic nitrogens is 2. The molecule has 1 fully saturated rings. The average molecular weight is 489 g/mol. The lowest BCUT2D eigenvalue weighted by atomic mass is 10.1. The standard InChI is InChI=1S/C25H30Cl2N4O2/c1-2-5-23(25(32)28-10-11-30-12-14-33-15-13-30)31-22-7-4-3-6-21(22)29-24(31)16-18-8-9-19(26)17-20(18)27/h3-4,6-9,17,23H,2,5,10-16H2,1H3,(H,28,32)/t23-/m1/s1. The number of nitrogens with zero attached hydrogens (tertiary/aromatic N) is 3. The summed E-state index contributed by atoms with van der Waals surface area (Å²) in [6.07, 6.45) is 2.13. The number of fused-ring (bicyclic) bond motifs is 1. The Morgan fingerprint density at radius 3 is 2.73 bits per heavy atom. The molecule has 6 nitrogen and oxygen atoms in total. The fraction of sp³-hybridized carbons (Fsp3) is 0.440. The van der Waals surface area contributed by atoms with E-state index < -0.39 is 0 Å². The molecule has 1 atom stereocenters. The highest BCUT2D eigenvalue weighted by molar-refractivity contribution is 6.35. The summed E-state index contributed by atoms with van der Waals surface area (Å²) in [4.78, 5) is 20.6. The van der Waals surface area contributed by atoms with Crippen LogP contribution in [0.5, 0.6) is 0 Å². The molecular weight excluding hydrogens is 459 g/mol. The fourth-order valence-corrected chi connectivity index (χ4v) is 4.81. The summed E-state index contributed by atoms with van der Waals surface area (Å²) in [5, 5.41) is 4.36. The van der Waals surface area contributed by atoms with Crippen LogP contribution in [0.25, 0.3) is 11.0 Å². The summed E-state index contributed by atoms with van der Waals surface area (Å²) in [7, 11) is 0. The lowest BCUT2D eigenvalue weighted by molar-refractivity contribution is -0.124. The Bertz CT molecular complexity index is 1100. The molecule has 0 unspecified atom stereocenters. The molecule has 1 amide bonds. The maximum absolute atomic E-state index is 13.4. The number of carbonyl (C=O) groups is 1. The van der Waals surface area contributed by atoms with Gasteiger partial charge in [-0.1, -0.05) is 54.7 Å². The molecule has 0 aliphatic carbocycles. The number of para-hydroxylation sites is 2. The van der Waals surface area contributed by atoms with Gasteiger partial charge in [0.15, 0.2) is 0 Å². The molecule has 1 aliphatic heterocycles. The summed E-state index contributed by atoms with van der Waals surface area (Å²) in [5.41, 5.74) is 2.76. The lowest BCUT2D eigenvalue weighted by Gasteiger charge is -2.27. The first-order valence-electron chi connectivity index (χ1n) is 11.5. The van der Waals surface area contributed by atoms with Crippen LogP contribution in [0.15, 0.2) is 42.5 Å². The number of halogens is 2. The Labute approximate surface area is 204 Å². The number of nitrogens with one attached hydrogen (secondary N) is 1. The molecular formula is C25H30Cl2N4O2. The van der Waals surface area contributed by atoms with E-state index in [1.807, 2.05) is 36.4 Å². The van der Waals surface area contributed by atoms with E-state index in [0.29, 0.717) is 23.0 Å². The first-order chi connectivity index (χ1) is 16.1. The third kappa shape index (κ3) is 5.87. The Hall–Kier alpha value is -2.12. The second-order valence-corrected chi connectivity index (χ2v) is 9.19. The molecule has 1 aromatic heterocycles. The van der Waals surface area contributed by atoms with Crippen LogP contribution in [0.3, 0.4) is 0 Å². The largest absolute Gasteiger partial charge is 0.379 e. The minimum atomic E-state index is -0.340. The number of morpholine rings is 1. The van der Waals surface area contributed by atoms with Crippen molar-refractivity contribution in [1.82, 2.24) is 19.8 Å². The second-order valence-electron chi connectivity index (χ2n) is 8.35. The molecule has 33 heavy (non-hydrogen) atoms. The Morgan fingerprint density at radius 1 is 1.18 bits per heavy atom. The van der Waals surface area contributed by atoms with Gasteiger partial charge in [-0.15, -0.1) is 0 Å². The summed E-state index contributed by atoms with van der Waals surface area (Å²) >= 11 is 12.5. The number of hydrogen-bond acceptors (Lipinski definition) is 4. The van der Waals surface area contributed by atoms with Gasteiger partial charge in [-0.3, -0.25) is 9.69 Å². The minimum Gasteiger partial charge on any atom is -0.379 e. The zero-order chi connectivity index (χ0) is 23.2. The van der Waals surface area contributed by atoms with Gasteiger partial charge in [0.2, 0.25) is 5.91 Å². The van der Waals surface area contributed by atoms with Gasteiger partial charge in [-0.05, 0) is 36.2 Å². The Kier molecular flexibility index (Phi) is 8.25. The van der Waals surface area contributed by atoms with Gasteiger partial charge in [0.25, 0.3) is 0 Å². The Morgan fingerprint density at radius 2 is 1.97 bits per heavy atom. The summed E-state index contributed by atoms with van der Waals surface area (Å²) in [6.45, 7) is 6.87. The average Bonchev–Trinajstić information content (AvgIpc) is 3.17. The van der Waals surface area contributed by atoms with E-state index in [0.717, 1.165) is 68.1 Å². The summed E-state index contributed by atoms with van der Waals surface area (Å²) in [5.74, 6) is 0.846. The number of hydrogen-bond donors (Lipinski definition) is 1. The zero-order valence-electron chi connectivity index (χ0n) is 18.9. The van der Waals surface area contributed by atoms with Crippen LogP contribution in [0.2, 0.25) is 10.0 Å². The maximum Gasteiger partial charge on any atom is 0.243 e. The molecule has 0 radical (unpaired) electrons. The van der Waals surface area contributed by atoms with Gasteiger partial charge in [0.05, 0.1) is 24.2 Å². The van der Waals surface area contributed by atoms with Crippen LogP contribution in [0.1, 0.15) is 37.2 Å². The van der Waals surface area contributed by atoms with Crippen molar-refractivity contribution >= 4 is 40.1 Å². The van der Waals surface area contributed by atoms with Gasteiger partial charge >= 0.3 is 0 Å². The highest BCUT2D eigenvalue weighted by Crippen LogP contribution is 2.29. The van der Waals surface area contributed by atoms with Crippen LogP contribution in [0, 0.1) is 0 Å². The molecule has 3 aromatic rings.